The van der Waals surface area contributed by atoms with Crippen LogP contribution >= 0.6 is 0 Å². The van der Waals surface area contributed by atoms with E-state index in [4.69, 9.17) is 25.1 Å². The summed E-state index contributed by atoms with van der Waals surface area (Å²) in [6.45, 7) is 3.22. The van der Waals surface area contributed by atoms with E-state index < -0.39 is 11.6 Å². The van der Waals surface area contributed by atoms with Crippen LogP contribution in [0.4, 0.5) is 0 Å². The van der Waals surface area contributed by atoms with Gasteiger partial charge in [-0.15, -0.1) is 0 Å². The Morgan fingerprint density at radius 3 is 2.30 bits per heavy atom. The first kappa shape index (κ1) is 32.3. The average Bonchev–Trinajstić information content (AvgIpc) is 3.49. The number of hydrogen-bond acceptors (Lipinski definition) is 6. The first-order valence-corrected chi connectivity index (χ1v) is 15.7. The molecule has 0 aliphatic carbocycles. The smallest absolute Gasteiger partial charge is 0.252 e. The fourth-order valence-corrected chi connectivity index (χ4v) is 5.58. The summed E-state index contributed by atoms with van der Waals surface area (Å²) in [6.07, 6.45) is 1.81. The van der Waals surface area contributed by atoms with Gasteiger partial charge in [-0.3, -0.25) is 4.79 Å². The zero-order valence-electron chi connectivity index (χ0n) is 26.0. The second-order valence-electron chi connectivity index (χ2n) is 11.2. The number of aliphatic hydroxyl groups is 1. The molecule has 46 heavy (non-hydrogen) atoms. The largest absolute Gasteiger partial charge is 0.494 e. The number of nitrogens with zero attached hydrogens (tertiary/aromatic N) is 4. The zero-order chi connectivity index (χ0) is 32.2. The molecule has 4 aromatic rings. The van der Waals surface area contributed by atoms with Gasteiger partial charge in [0.05, 0.1) is 13.2 Å². The van der Waals surface area contributed by atoms with Crippen molar-refractivity contribution in [3.63, 3.8) is 0 Å². The van der Waals surface area contributed by atoms with Gasteiger partial charge in [0.15, 0.2) is 11.6 Å². The molecule has 2 atom stereocenters. The molecule has 0 aromatic heterocycles. The van der Waals surface area contributed by atoms with Crippen molar-refractivity contribution in [1.82, 2.24) is 5.32 Å². The Hall–Kier alpha value is -5.11. The van der Waals surface area contributed by atoms with Crippen LogP contribution in [0.3, 0.4) is 0 Å². The molecule has 0 radical (unpaired) electrons. The molecule has 1 heterocycles. The normalized spacial score (nSPS) is 17.0. The first-order chi connectivity index (χ1) is 22.6. The van der Waals surface area contributed by atoms with E-state index in [-0.39, 0.29) is 25.5 Å². The number of ether oxygens (including phenoxy) is 2. The van der Waals surface area contributed by atoms with E-state index in [9.17, 15) is 4.79 Å². The van der Waals surface area contributed by atoms with E-state index in [1.807, 2.05) is 91.0 Å². The minimum Gasteiger partial charge on any atom is -0.494 e. The SMILES string of the molecule is CCCCNC(=O)[C@]1(Cc2ccccc2CN=[N+]=[N-])N=C(c2ccc(OCCCO)cc2)O[C@@H]1c1ccc(-c2ccccc2)cc1. The number of aliphatic hydroxyl groups excluding tert-OH is 1. The van der Waals surface area contributed by atoms with Crippen LogP contribution in [0, 0.1) is 0 Å². The monoisotopic (exact) mass is 617 g/mol. The predicted molar refractivity (Wildman–Crippen MR) is 180 cm³/mol. The van der Waals surface area contributed by atoms with Gasteiger partial charge in [-0.25, -0.2) is 4.99 Å². The summed E-state index contributed by atoms with van der Waals surface area (Å²) in [5, 5.41) is 16.0. The number of carbonyl (C=O) groups is 1. The lowest BCUT2D eigenvalue weighted by atomic mass is 9.80. The van der Waals surface area contributed by atoms with Gasteiger partial charge < -0.3 is 19.9 Å². The van der Waals surface area contributed by atoms with Crippen molar-refractivity contribution in [2.45, 2.75) is 50.8 Å². The van der Waals surface area contributed by atoms with Gasteiger partial charge in [0, 0.05) is 36.5 Å². The molecular weight excluding hydrogens is 578 g/mol. The number of aliphatic imine (C=N–C) groups is 1. The Labute approximate surface area is 269 Å². The van der Waals surface area contributed by atoms with Gasteiger partial charge in [-0.2, -0.15) is 0 Å². The van der Waals surface area contributed by atoms with Crippen molar-refractivity contribution >= 4 is 11.8 Å². The maximum Gasteiger partial charge on any atom is 0.252 e. The number of hydrogen-bond donors (Lipinski definition) is 2. The fourth-order valence-electron chi connectivity index (χ4n) is 5.58. The van der Waals surface area contributed by atoms with Crippen LogP contribution < -0.4 is 10.1 Å². The Balaban J connectivity index is 1.59. The lowest BCUT2D eigenvalue weighted by molar-refractivity contribution is -0.128. The fraction of sp³-hybridized carbons (Fsp3) is 0.297. The molecule has 0 fully saturated rings. The summed E-state index contributed by atoms with van der Waals surface area (Å²) in [4.78, 5) is 22.5. The van der Waals surface area contributed by atoms with E-state index in [2.05, 4.69) is 34.4 Å². The van der Waals surface area contributed by atoms with Crippen molar-refractivity contribution in [3.8, 4) is 16.9 Å². The summed E-state index contributed by atoms with van der Waals surface area (Å²) in [5.41, 5.74) is 13.0. The number of amides is 1. The predicted octanol–water partition coefficient (Wildman–Crippen LogP) is 7.34. The van der Waals surface area contributed by atoms with Gasteiger partial charge in [0.2, 0.25) is 5.90 Å². The molecule has 2 N–H and O–H groups in total. The van der Waals surface area contributed by atoms with Crippen LogP contribution in [0.15, 0.2) is 113 Å². The Morgan fingerprint density at radius 2 is 1.61 bits per heavy atom. The Morgan fingerprint density at radius 1 is 0.935 bits per heavy atom. The molecule has 0 saturated carbocycles. The maximum absolute atomic E-state index is 14.4. The molecule has 0 bridgehead atoms. The topological polar surface area (TPSA) is 129 Å². The minimum atomic E-state index is -1.35. The molecule has 9 heteroatoms. The van der Waals surface area contributed by atoms with Crippen LogP contribution in [-0.2, 0) is 22.5 Å². The number of unbranched alkanes of at least 4 members (excludes halogenated alkanes) is 1. The van der Waals surface area contributed by atoms with Crippen LogP contribution in [0.5, 0.6) is 5.75 Å². The van der Waals surface area contributed by atoms with Gasteiger partial charge >= 0.3 is 0 Å². The molecule has 236 valence electrons. The van der Waals surface area contributed by atoms with Crippen LogP contribution in [0.1, 0.15) is 54.5 Å². The highest BCUT2D eigenvalue weighted by Crippen LogP contribution is 2.43. The first-order valence-electron chi connectivity index (χ1n) is 15.7. The number of azide groups is 1. The van der Waals surface area contributed by atoms with Crippen LogP contribution in [0.2, 0.25) is 0 Å². The van der Waals surface area contributed by atoms with Crippen molar-refractivity contribution in [3.05, 3.63) is 136 Å². The van der Waals surface area contributed by atoms with Crippen molar-refractivity contribution in [2.75, 3.05) is 19.8 Å². The third-order valence-corrected chi connectivity index (χ3v) is 8.05. The molecule has 0 spiro atoms. The molecule has 1 amide bonds. The molecule has 1 aliphatic heterocycles. The van der Waals surface area contributed by atoms with Crippen molar-refractivity contribution in [2.24, 2.45) is 10.1 Å². The van der Waals surface area contributed by atoms with E-state index in [0.29, 0.717) is 36.8 Å². The van der Waals surface area contributed by atoms with Crippen molar-refractivity contribution < 1.29 is 19.4 Å². The van der Waals surface area contributed by atoms with E-state index in [1.165, 1.54) is 0 Å². The number of benzene rings is 4. The summed E-state index contributed by atoms with van der Waals surface area (Å²) in [7, 11) is 0. The summed E-state index contributed by atoms with van der Waals surface area (Å²) in [6, 6.07) is 33.3. The summed E-state index contributed by atoms with van der Waals surface area (Å²) in [5.74, 6) is 0.798. The maximum atomic E-state index is 14.4. The van der Waals surface area contributed by atoms with Crippen molar-refractivity contribution in [1.29, 1.82) is 0 Å². The highest BCUT2D eigenvalue weighted by molar-refractivity contribution is 6.01. The highest BCUT2D eigenvalue weighted by atomic mass is 16.5. The van der Waals surface area contributed by atoms with Gasteiger partial charge in [-0.1, -0.05) is 97.3 Å². The van der Waals surface area contributed by atoms with Gasteiger partial charge in [0.1, 0.15) is 5.75 Å². The van der Waals surface area contributed by atoms with E-state index in [1.54, 1.807) is 0 Å². The number of carbonyl (C=O) groups excluding carboxylic acids is 1. The number of rotatable bonds is 15. The zero-order valence-corrected chi connectivity index (χ0v) is 26.0. The molecule has 0 saturated heterocycles. The Bertz CT molecular complexity index is 1670. The number of nitrogens with one attached hydrogen (secondary N) is 1. The van der Waals surface area contributed by atoms with Gasteiger partial charge in [0.25, 0.3) is 5.91 Å². The summed E-state index contributed by atoms with van der Waals surface area (Å²) >= 11 is 0. The van der Waals surface area contributed by atoms with E-state index in [0.717, 1.165) is 40.7 Å². The third kappa shape index (κ3) is 7.57. The lowest BCUT2D eigenvalue weighted by Crippen LogP contribution is -2.50. The second-order valence-corrected chi connectivity index (χ2v) is 11.2. The summed E-state index contributed by atoms with van der Waals surface area (Å²) < 4.78 is 12.4. The minimum absolute atomic E-state index is 0.0604. The molecular formula is C37H39N5O4. The van der Waals surface area contributed by atoms with Gasteiger partial charge in [-0.05, 0) is 64.0 Å². The second kappa shape index (κ2) is 15.8. The quantitative estimate of drug-likeness (QED) is 0.0626. The lowest BCUT2D eigenvalue weighted by Gasteiger charge is -2.31. The molecule has 4 aromatic carbocycles. The highest BCUT2D eigenvalue weighted by Gasteiger charge is 2.53. The molecule has 5 rings (SSSR count). The average molecular weight is 618 g/mol. The third-order valence-electron chi connectivity index (χ3n) is 8.05. The Kier molecular flexibility index (Phi) is 11.1. The molecule has 9 nitrogen and oxygen atoms in total. The van der Waals surface area contributed by atoms with Crippen LogP contribution in [0.25, 0.3) is 21.6 Å². The van der Waals surface area contributed by atoms with Crippen LogP contribution in [-0.4, -0.2) is 42.2 Å². The standard InChI is InChI=1S/C37H39N5O4/c1-2-3-22-39-36(44)37(25-31-12-7-8-13-32(31)26-40-42-38)34(29-16-14-28(15-17-29)27-10-5-4-6-11-27)46-35(41-37)30-18-20-33(21-19-30)45-24-9-23-43/h4-8,10-21,34,43H,2-3,9,22-26H2,1H3,(H,39,44)/t34-,37-/m1/s1. The molecule has 0 unspecified atom stereocenters. The van der Waals surface area contributed by atoms with E-state index >= 15 is 0 Å². The molecule has 1 aliphatic rings.